The Morgan fingerprint density at radius 3 is 1.19 bits per heavy atom. The maximum atomic E-state index is 12.9. The van der Waals surface area contributed by atoms with Crippen molar-refractivity contribution in [1.82, 2.24) is 5.32 Å². The van der Waals surface area contributed by atoms with Crippen LogP contribution in [0.1, 0.15) is 277 Å². The molecular formula is C60H115N2O6P. The number of hydrogen-bond donors (Lipinski definition) is 2. The minimum atomic E-state index is -4.60. The summed E-state index contributed by atoms with van der Waals surface area (Å²) in [5.41, 5.74) is 0. The molecule has 406 valence electrons. The summed E-state index contributed by atoms with van der Waals surface area (Å²) in [6, 6.07) is -0.908. The molecule has 3 unspecified atom stereocenters. The molecule has 3 atom stereocenters. The zero-order chi connectivity index (χ0) is 50.6. The zero-order valence-electron chi connectivity index (χ0n) is 46.3. The molecule has 1 amide bonds. The Morgan fingerprint density at radius 2 is 0.812 bits per heavy atom. The van der Waals surface area contributed by atoms with Crippen LogP contribution >= 0.6 is 7.82 Å². The summed E-state index contributed by atoms with van der Waals surface area (Å²) >= 11 is 0. The fourth-order valence-electron chi connectivity index (χ4n) is 8.59. The molecule has 0 bridgehead atoms. The average Bonchev–Trinajstić information content (AvgIpc) is 3.31. The molecule has 0 aliphatic carbocycles. The quantitative estimate of drug-likeness (QED) is 0.0272. The van der Waals surface area contributed by atoms with E-state index in [2.05, 4.69) is 55.6 Å². The Kier molecular flexibility index (Phi) is 50.2. The minimum Gasteiger partial charge on any atom is -0.756 e. The number of unbranched alkanes of at least 4 members (excludes halogenated alkanes) is 35. The van der Waals surface area contributed by atoms with Gasteiger partial charge in [0, 0.05) is 6.42 Å². The first-order valence-corrected chi connectivity index (χ1v) is 31.0. The Hall–Kier alpha value is -1.54. The molecule has 0 aliphatic heterocycles. The van der Waals surface area contributed by atoms with Crippen molar-refractivity contribution in [3.05, 3.63) is 48.6 Å². The van der Waals surface area contributed by atoms with E-state index in [1.165, 1.54) is 212 Å². The molecule has 0 aromatic heterocycles. The lowest BCUT2D eigenvalue weighted by Crippen LogP contribution is -2.45. The molecule has 0 aliphatic rings. The highest BCUT2D eigenvalue weighted by molar-refractivity contribution is 7.45. The van der Waals surface area contributed by atoms with Crippen molar-refractivity contribution in [2.24, 2.45) is 0 Å². The van der Waals surface area contributed by atoms with Crippen LogP contribution in [0, 0.1) is 0 Å². The van der Waals surface area contributed by atoms with Crippen LogP contribution in [0.15, 0.2) is 48.6 Å². The lowest BCUT2D eigenvalue weighted by Gasteiger charge is -2.29. The van der Waals surface area contributed by atoms with Gasteiger partial charge in [0.15, 0.2) is 0 Å². The van der Waals surface area contributed by atoms with Gasteiger partial charge in [0.05, 0.1) is 39.9 Å². The zero-order valence-corrected chi connectivity index (χ0v) is 47.2. The number of aliphatic hydroxyl groups excluding tert-OH is 1. The summed E-state index contributed by atoms with van der Waals surface area (Å²) in [6.07, 6.45) is 67.9. The molecule has 0 saturated carbocycles. The molecule has 69 heavy (non-hydrogen) atoms. The van der Waals surface area contributed by atoms with Gasteiger partial charge < -0.3 is 28.8 Å². The molecule has 0 aromatic rings. The van der Waals surface area contributed by atoms with E-state index in [0.29, 0.717) is 17.4 Å². The van der Waals surface area contributed by atoms with E-state index >= 15 is 0 Å². The van der Waals surface area contributed by atoms with Gasteiger partial charge in [-0.05, 0) is 70.6 Å². The predicted molar refractivity (Wildman–Crippen MR) is 298 cm³/mol. The normalized spacial score (nSPS) is 14.2. The number of nitrogens with zero attached hydrogens (tertiary/aromatic N) is 1. The van der Waals surface area contributed by atoms with E-state index in [1.54, 1.807) is 6.08 Å². The van der Waals surface area contributed by atoms with E-state index in [1.807, 2.05) is 27.2 Å². The number of quaternary nitrogens is 1. The van der Waals surface area contributed by atoms with Crippen molar-refractivity contribution >= 4 is 13.7 Å². The maximum Gasteiger partial charge on any atom is 0.268 e. The molecule has 0 spiro atoms. The fraction of sp³-hybridized carbons (Fsp3) is 0.850. The third-order valence-corrected chi connectivity index (χ3v) is 14.2. The number of carbonyl (C=O) groups excluding carboxylic acids is 1. The number of aliphatic hydroxyl groups is 1. The summed E-state index contributed by atoms with van der Waals surface area (Å²) in [6.45, 7) is 4.61. The van der Waals surface area contributed by atoms with Gasteiger partial charge in [0.2, 0.25) is 5.91 Å². The highest BCUT2D eigenvalue weighted by Gasteiger charge is 2.23. The molecular weight excluding hydrogens is 876 g/mol. The van der Waals surface area contributed by atoms with Crippen LogP contribution in [-0.4, -0.2) is 68.5 Å². The summed E-state index contributed by atoms with van der Waals surface area (Å²) in [4.78, 5) is 25.4. The van der Waals surface area contributed by atoms with Crippen molar-refractivity contribution in [1.29, 1.82) is 0 Å². The first kappa shape index (κ1) is 67.5. The molecule has 2 N–H and O–H groups in total. The second-order valence-electron chi connectivity index (χ2n) is 21.3. The lowest BCUT2D eigenvalue weighted by molar-refractivity contribution is -0.870. The van der Waals surface area contributed by atoms with E-state index < -0.39 is 26.6 Å². The highest BCUT2D eigenvalue weighted by atomic mass is 31.2. The first-order valence-electron chi connectivity index (χ1n) is 29.5. The van der Waals surface area contributed by atoms with Crippen LogP contribution in [0.5, 0.6) is 0 Å². The molecule has 0 radical (unpaired) electrons. The number of amides is 1. The van der Waals surface area contributed by atoms with Crippen molar-refractivity contribution < 1.29 is 32.9 Å². The van der Waals surface area contributed by atoms with Gasteiger partial charge in [-0.1, -0.05) is 249 Å². The van der Waals surface area contributed by atoms with E-state index in [-0.39, 0.29) is 12.5 Å². The second kappa shape index (κ2) is 51.4. The van der Waals surface area contributed by atoms with Gasteiger partial charge in [-0.15, -0.1) is 0 Å². The predicted octanol–water partition coefficient (Wildman–Crippen LogP) is 17.3. The van der Waals surface area contributed by atoms with Gasteiger partial charge in [-0.25, -0.2) is 0 Å². The number of hydrogen-bond acceptors (Lipinski definition) is 6. The molecule has 0 saturated heterocycles. The van der Waals surface area contributed by atoms with Crippen LogP contribution in [-0.2, 0) is 18.4 Å². The number of phosphoric ester groups is 1. The third kappa shape index (κ3) is 54.1. The first-order chi connectivity index (χ1) is 33.5. The van der Waals surface area contributed by atoms with Gasteiger partial charge in [0.1, 0.15) is 13.2 Å². The number of phosphoric acid groups is 1. The Labute approximate surface area is 429 Å². The summed E-state index contributed by atoms with van der Waals surface area (Å²) in [5, 5.41) is 13.8. The number of likely N-dealkylation sites (N-methyl/N-ethyl adjacent to an activating group) is 1. The van der Waals surface area contributed by atoms with Crippen LogP contribution in [0.25, 0.3) is 0 Å². The molecule has 0 aromatic carbocycles. The molecule has 0 rings (SSSR count). The summed E-state index contributed by atoms with van der Waals surface area (Å²) in [5.74, 6) is -0.209. The number of allylic oxidation sites excluding steroid dienone is 7. The van der Waals surface area contributed by atoms with E-state index in [0.717, 1.165) is 44.9 Å². The molecule has 9 heteroatoms. The fourth-order valence-corrected chi connectivity index (χ4v) is 9.32. The van der Waals surface area contributed by atoms with Gasteiger partial charge in [0.25, 0.3) is 7.82 Å². The molecule has 8 nitrogen and oxygen atoms in total. The van der Waals surface area contributed by atoms with E-state index in [9.17, 15) is 19.4 Å². The summed E-state index contributed by atoms with van der Waals surface area (Å²) < 4.78 is 23.3. The topological polar surface area (TPSA) is 108 Å². The standard InChI is InChI=1S/C60H115N2O6P/c1-6-8-10-12-14-16-18-20-22-23-24-25-26-27-28-29-30-31-32-33-34-35-36-37-38-39-40-42-44-46-48-50-52-54-60(64)61-58(57-68-69(65,66)67-56-55-62(3,4)5)59(63)53-51-49-47-45-43-41-21-19-17-15-13-11-9-7-2/h17,19,23-24,43,45,51,53,58-59,63H,6-16,18,20-22,25-42,44,46-50,52,54-57H2,1-5H3,(H-,61,64,65,66)/b19-17+,24-23-,45-43+,53-51+. The average molecular weight is 992 g/mol. The Bertz CT molecular complexity index is 1260. The van der Waals surface area contributed by atoms with Gasteiger partial charge in [-0.3, -0.25) is 9.36 Å². The van der Waals surface area contributed by atoms with Crippen LogP contribution in [0.3, 0.4) is 0 Å². The lowest BCUT2D eigenvalue weighted by atomic mass is 10.0. The maximum absolute atomic E-state index is 12.9. The minimum absolute atomic E-state index is 0.00855. The number of nitrogens with one attached hydrogen (secondary N) is 1. The van der Waals surface area contributed by atoms with Crippen molar-refractivity contribution in [3.63, 3.8) is 0 Å². The Balaban J connectivity index is 4.02. The Morgan fingerprint density at radius 1 is 0.493 bits per heavy atom. The SMILES string of the molecule is CCCCCC/C=C/CC/C=C/CC/C=C/C(O)C(COP(=O)([O-])OCC[N+](C)(C)C)NC(=O)CCCCCCCCCCCCCCCCCCCCCCC/C=C\CCCCCCCCCC. The highest BCUT2D eigenvalue weighted by Crippen LogP contribution is 2.38. The van der Waals surface area contributed by atoms with Crippen LogP contribution in [0.2, 0.25) is 0 Å². The molecule has 0 fully saturated rings. The van der Waals surface area contributed by atoms with Crippen molar-refractivity contribution in [2.75, 3.05) is 40.9 Å². The number of rotatable bonds is 54. The van der Waals surface area contributed by atoms with Crippen molar-refractivity contribution in [2.45, 2.75) is 289 Å². The largest absolute Gasteiger partial charge is 0.756 e. The van der Waals surface area contributed by atoms with Crippen molar-refractivity contribution in [3.8, 4) is 0 Å². The summed E-state index contributed by atoms with van der Waals surface area (Å²) in [7, 11) is 1.24. The third-order valence-electron chi connectivity index (χ3n) is 13.2. The molecule has 0 heterocycles. The number of carbonyl (C=O) groups is 1. The van der Waals surface area contributed by atoms with Gasteiger partial charge in [-0.2, -0.15) is 0 Å². The smallest absolute Gasteiger partial charge is 0.268 e. The van der Waals surface area contributed by atoms with Crippen LogP contribution < -0.4 is 10.2 Å². The van der Waals surface area contributed by atoms with Gasteiger partial charge >= 0.3 is 0 Å². The monoisotopic (exact) mass is 991 g/mol. The second-order valence-corrected chi connectivity index (χ2v) is 22.7. The van der Waals surface area contributed by atoms with E-state index in [4.69, 9.17) is 9.05 Å². The van der Waals surface area contributed by atoms with Crippen LogP contribution in [0.4, 0.5) is 0 Å².